The second-order valence-electron chi connectivity index (χ2n) is 4.59. The van der Waals surface area contributed by atoms with Crippen LogP contribution in [-0.4, -0.2) is 20.0 Å². The van der Waals surface area contributed by atoms with Crippen LogP contribution in [0.2, 0.25) is 0 Å². The molecule has 1 aliphatic carbocycles. The summed E-state index contributed by atoms with van der Waals surface area (Å²) in [4.78, 5) is 12.5. The summed E-state index contributed by atoms with van der Waals surface area (Å²) in [5.74, 6) is 0.363. The van der Waals surface area contributed by atoms with Gasteiger partial charge in [0.25, 0.3) is 0 Å². The lowest BCUT2D eigenvalue weighted by Gasteiger charge is -2.10. The van der Waals surface area contributed by atoms with Crippen LogP contribution in [0.3, 0.4) is 0 Å². The standard InChI is InChI=1S/C16H14N2O3/c1-4-10-15(9(7-17)8-18)11-5-13(20-2)14(21-3)6-12(11)16(10)19/h5-6,10H,4H2,1-3H3. The molecule has 1 atom stereocenters. The van der Waals surface area contributed by atoms with Crippen molar-refractivity contribution in [3.63, 3.8) is 0 Å². The largest absolute Gasteiger partial charge is 0.493 e. The Labute approximate surface area is 123 Å². The first-order chi connectivity index (χ1) is 10.1. The topological polar surface area (TPSA) is 83.1 Å². The number of Topliss-reactive ketones (excluding diaryl/α,β-unsaturated/α-hetero) is 1. The third kappa shape index (κ3) is 2.13. The van der Waals surface area contributed by atoms with E-state index in [-0.39, 0.29) is 11.4 Å². The van der Waals surface area contributed by atoms with Crippen molar-refractivity contribution in [2.24, 2.45) is 5.92 Å². The molecule has 0 spiro atoms. The highest BCUT2D eigenvalue weighted by Gasteiger charge is 2.37. The minimum Gasteiger partial charge on any atom is -0.493 e. The molecule has 0 aromatic heterocycles. The van der Waals surface area contributed by atoms with Gasteiger partial charge in [-0.25, -0.2) is 0 Å². The van der Waals surface area contributed by atoms with Crippen LogP contribution in [0.5, 0.6) is 11.5 Å². The van der Waals surface area contributed by atoms with Crippen molar-refractivity contribution in [2.75, 3.05) is 14.2 Å². The van der Waals surface area contributed by atoms with Crippen molar-refractivity contribution in [3.05, 3.63) is 28.8 Å². The number of carbonyl (C=O) groups is 1. The van der Waals surface area contributed by atoms with Crippen LogP contribution in [-0.2, 0) is 0 Å². The maximum Gasteiger partial charge on any atom is 0.171 e. The van der Waals surface area contributed by atoms with Gasteiger partial charge < -0.3 is 9.47 Å². The van der Waals surface area contributed by atoms with E-state index in [2.05, 4.69) is 0 Å². The Hall–Kier alpha value is -2.79. The smallest absolute Gasteiger partial charge is 0.171 e. The number of allylic oxidation sites excluding steroid dienone is 2. The van der Waals surface area contributed by atoms with Crippen LogP contribution < -0.4 is 9.47 Å². The highest BCUT2D eigenvalue weighted by atomic mass is 16.5. The molecule has 21 heavy (non-hydrogen) atoms. The van der Waals surface area contributed by atoms with Gasteiger partial charge in [0.15, 0.2) is 17.3 Å². The fraction of sp³-hybridized carbons (Fsp3) is 0.312. The van der Waals surface area contributed by atoms with Gasteiger partial charge in [0, 0.05) is 11.5 Å². The monoisotopic (exact) mass is 282 g/mol. The fourth-order valence-corrected chi connectivity index (χ4v) is 2.66. The molecular weight excluding hydrogens is 268 g/mol. The predicted molar refractivity (Wildman–Crippen MR) is 75.8 cm³/mol. The lowest BCUT2D eigenvalue weighted by molar-refractivity contribution is 0.0956. The molecule has 1 aliphatic rings. The van der Waals surface area contributed by atoms with Gasteiger partial charge in [0.1, 0.15) is 17.7 Å². The number of ketones is 1. The average Bonchev–Trinajstić information content (AvgIpc) is 2.79. The highest BCUT2D eigenvalue weighted by molar-refractivity contribution is 6.15. The first-order valence-electron chi connectivity index (χ1n) is 6.47. The van der Waals surface area contributed by atoms with E-state index in [1.54, 1.807) is 12.1 Å². The molecule has 106 valence electrons. The summed E-state index contributed by atoms with van der Waals surface area (Å²) in [6, 6.07) is 7.03. The first-order valence-corrected chi connectivity index (χ1v) is 6.47. The zero-order valence-corrected chi connectivity index (χ0v) is 12.1. The van der Waals surface area contributed by atoms with Gasteiger partial charge in [-0.1, -0.05) is 6.92 Å². The Morgan fingerprint density at radius 3 is 2.10 bits per heavy atom. The predicted octanol–water partition coefficient (Wildman–Crippen LogP) is 2.73. The number of benzene rings is 1. The summed E-state index contributed by atoms with van der Waals surface area (Å²) in [5.41, 5.74) is 1.52. The number of carbonyl (C=O) groups excluding carboxylic acids is 1. The number of rotatable bonds is 3. The lowest BCUT2D eigenvalue weighted by atomic mass is 9.92. The molecule has 0 N–H and O–H groups in total. The Balaban J connectivity index is 2.81. The van der Waals surface area contributed by atoms with E-state index >= 15 is 0 Å². The minimum absolute atomic E-state index is 0.0267. The van der Waals surface area contributed by atoms with Crippen molar-refractivity contribution in [1.82, 2.24) is 0 Å². The summed E-state index contributed by atoms with van der Waals surface area (Å²) in [7, 11) is 2.99. The number of methoxy groups -OCH3 is 2. The SMILES string of the molecule is CCC1C(=O)c2cc(OC)c(OC)cc2C1=C(C#N)C#N. The molecule has 2 rings (SSSR count). The molecule has 1 aromatic carbocycles. The molecule has 0 saturated heterocycles. The normalized spacial score (nSPS) is 16.0. The van der Waals surface area contributed by atoms with Crippen LogP contribution >= 0.6 is 0 Å². The van der Waals surface area contributed by atoms with Crippen LogP contribution in [0, 0.1) is 28.6 Å². The molecule has 0 aliphatic heterocycles. The van der Waals surface area contributed by atoms with Crippen molar-refractivity contribution in [3.8, 4) is 23.6 Å². The molecule has 1 unspecified atom stereocenters. The van der Waals surface area contributed by atoms with Crippen LogP contribution in [0.15, 0.2) is 17.7 Å². The molecule has 0 bridgehead atoms. The van der Waals surface area contributed by atoms with Crippen LogP contribution in [0.1, 0.15) is 29.3 Å². The van der Waals surface area contributed by atoms with Crippen LogP contribution in [0.4, 0.5) is 0 Å². The summed E-state index contributed by atoms with van der Waals surface area (Å²) < 4.78 is 10.4. The fourth-order valence-electron chi connectivity index (χ4n) is 2.66. The molecular formula is C16H14N2O3. The average molecular weight is 282 g/mol. The number of nitrogens with zero attached hydrogens (tertiary/aromatic N) is 2. The lowest BCUT2D eigenvalue weighted by Crippen LogP contribution is -2.07. The van der Waals surface area contributed by atoms with E-state index in [0.29, 0.717) is 34.6 Å². The van der Waals surface area contributed by atoms with E-state index in [9.17, 15) is 4.79 Å². The van der Waals surface area contributed by atoms with Gasteiger partial charge in [-0.2, -0.15) is 10.5 Å². The summed E-state index contributed by atoms with van der Waals surface area (Å²) in [6.07, 6.45) is 0.528. The van der Waals surface area contributed by atoms with Crippen molar-refractivity contribution >= 4 is 11.4 Å². The van der Waals surface area contributed by atoms with E-state index in [4.69, 9.17) is 20.0 Å². The van der Waals surface area contributed by atoms with Gasteiger partial charge in [0.2, 0.25) is 0 Å². The molecule has 1 aromatic rings. The van der Waals surface area contributed by atoms with E-state index in [1.165, 1.54) is 14.2 Å². The number of ether oxygens (including phenoxy) is 2. The molecule has 0 saturated carbocycles. The summed E-state index contributed by atoms with van der Waals surface area (Å²) in [6.45, 7) is 1.86. The Morgan fingerprint density at radius 1 is 1.14 bits per heavy atom. The second-order valence-corrected chi connectivity index (χ2v) is 4.59. The molecule has 0 fully saturated rings. The minimum atomic E-state index is -0.467. The highest BCUT2D eigenvalue weighted by Crippen LogP contribution is 2.45. The van der Waals surface area contributed by atoms with Gasteiger partial charge in [0.05, 0.1) is 14.2 Å². The van der Waals surface area contributed by atoms with E-state index in [0.717, 1.165) is 0 Å². The third-order valence-electron chi connectivity index (χ3n) is 3.65. The summed E-state index contributed by atoms with van der Waals surface area (Å²) in [5, 5.41) is 18.3. The number of fused-ring (bicyclic) bond motifs is 1. The zero-order valence-electron chi connectivity index (χ0n) is 12.1. The van der Waals surface area contributed by atoms with Gasteiger partial charge in [-0.05, 0) is 29.7 Å². The van der Waals surface area contributed by atoms with Crippen molar-refractivity contribution in [1.29, 1.82) is 10.5 Å². The van der Waals surface area contributed by atoms with Gasteiger partial charge in [-0.15, -0.1) is 0 Å². The quantitative estimate of drug-likeness (QED) is 0.796. The van der Waals surface area contributed by atoms with Gasteiger partial charge >= 0.3 is 0 Å². The summed E-state index contributed by atoms with van der Waals surface area (Å²) >= 11 is 0. The molecule has 5 nitrogen and oxygen atoms in total. The Kier molecular flexibility index (Phi) is 3.95. The van der Waals surface area contributed by atoms with E-state index < -0.39 is 5.92 Å². The van der Waals surface area contributed by atoms with Gasteiger partial charge in [-0.3, -0.25) is 4.79 Å². The number of nitriles is 2. The van der Waals surface area contributed by atoms with Crippen molar-refractivity contribution in [2.45, 2.75) is 13.3 Å². The van der Waals surface area contributed by atoms with Crippen LogP contribution in [0.25, 0.3) is 5.57 Å². The Morgan fingerprint density at radius 2 is 1.67 bits per heavy atom. The second kappa shape index (κ2) is 5.68. The maximum atomic E-state index is 12.5. The zero-order chi connectivity index (χ0) is 15.6. The third-order valence-corrected chi connectivity index (χ3v) is 3.65. The first kappa shape index (κ1) is 14.6. The molecule has 0 radical (unpaired) electrons. The van der Waals surface area contributed by atoms with E-state index in [1.807, 2.05) is 19.1 Å². The number of hydrogen-bond donors (Lipinski definition) is 0. The number of hydrogen-bond acceptors (Lipinski definition) is 5. The molecule has 0 heterocycles. The molecule has 5 heteroatoms. The molecule has 0 amide bonds. The maximum absolute atomic E-state index is 12.5. The Bertz CT molecular complexity index is 704. The van der Waals surface area contributed by atoms with Crippen molar-refractivity contribution < 1.29 is 14.3 Å².